The maximum Gasteiger partial charge on any atom is 0.205 e. The second-order valence-electron chi connectivity index (χ2n) is 3.31. The topological polar surface area (TPSA) is 71.7 Å². The molecule has 13 heavy (non-hydrogen) atoms. The van der Waals surface area contributed by atoms with Gasteiger partial charge in [-0.2, -0.15) is 0 Å². The number of nitrogens with one attached hydrogen (secondary N) is 2. The minimum absolute atomic E-state index is 0.00674. The number of hydrogen-bond donors (Lipinski definition) is 3. The number of nitrogens with two attached hydrogens (primary N) is 1. The van der Waals surface area contributed by atoms with Gasteiger partial charge in [-0.05, 0) is 19.3 Å². The summed E-state index contributed by atoms with van der Waals surface area (Å²) in [4.78, 5) is 3.92. The van der Waals surface area contributed by atoms with Gasteiger partial charge < -0.3 is 10.1 Å². The predicted octanol–water partition coefficient (Wildman–Crippen LogP) is -0.406. The van der Waals surface area contributed by atoms with Gasteiger partial charge in [0.25, 0.3) is 0 Å². The first-order valence-electron chi connectivity index (χ1n) is 4.49. The third kappa shape index (κ3) is 2.32. The molecule has 0 saturated heterocycles. The van der Waals surface area contributed by atoms with Crippen LogP contribution in [-0.4, -0.2) is 32.3 Å². The summed E-state index contributed by atoms with van der Waals surface area (Å²) >= 11 is 0. The molecule has 0 unspecified atom stereocenters. The molecule has 5 heteroatoms. The van der Waals surface area contributed by atoms with Crippen molar-refractivity contribution < 1.29 is 4.74 Å². The van der Waals surface area contributed by atoms with E-state index >= 15 is 0 Å². The van der Waals surface area contributed by atoms with Crippen LogP contribution >= 0.6 is 0 Å². The fourth-order valence-corrected chi connectivity index (χ4v) is 1.46. The van der Waals surface area contributed by atoms with E-state index in [1.165, 1.54) is 6.42 Å². The van der Waals surface area contributed by atoms with Gasteiger partial charge in [0.05, 0.1) is 5.60 Å². The van der Waals surface area contributed by atoms with Gasteiger partial charge in [-0.1, -0.05) is 0 Å². The van der Waals surface area contributed by atoms with Gasteiger partial charge in [-0.3, -0.25) is 10.4 Å². The molecule has 1 aliphatic carbocycles. The van der Waals surface area contributed by atoms with E-state index in [2.05, 4.69) is 15.7 Å². The molecular weight excluding hydrogens is 168 g/mol. The largest absolute Gasteiger partial charge is 0.376 e. The summed E-state index contributed by atoms with van der Waals surface area (Å²) in [6.45, 7) is 0.764. The van der Waals surface area contributed by atoms with E-state index in [-0.39, 0.29) is 5.60 Å². The van der Waals surface area contributed by atoms with Crippen molar-refractivity contribution in [2.24, 2.45) is 10.8 Å². The van der Waals surface area contributed by atoms with Gasteiger partial charge in [0.2, 0.25) is 5.96 Å². The minimum Gasteiger partial charge on any atom is -0.376 e. The molecule has 0 atom stereocenters. The number of hydrogen-bond acceptors (Lipinski definition) is 3. The van der Waals surface area contributed by atoms with Gasteiger partial charge in [-0.25, -0.2) is 5.84 Å². The lowest BCUT2D eigenvalue weighted by molar-refractivity contribution is -0.0666. The van der Waals surface area contributed by atoms with E-state index in [0.717, 1.165) is 19.4 Å². The molecule has 0 spiro atoms. The van der Waals surface area contributed by atoms with E-state index in [1.54, 1.807) is 14.2 Å². The van der Waals surface area contributed by atoms with E-state index < -0.39 is 0 Å². The number of hydrazine groups is 1. The zero-order valence-corrected chi connectivity index (χ0v) is 8.26. The first-order chi connectivity index (χ1) is 6.26. The highest BCUT2D eigenvalue weighted by Gasteiger charge is 2.36. The standard InChI is InChI=1S/C8H18N4O/c1-10-7(12-9)11-6-8(13-2)4-3-5-8/h3-6,9H2,1-2H3,(H2,10,11,12). The number of methoxy groups -OCH3 is 1. The van der Waals surface area contributed by atoms with Crippen LogP contribution in [-0.2, 0) is 4.74 Å². The van der Waals surface area contributed by atoms with Crippen LogP contribution in [0, 0.1) is 0 Å². The van der Waals surface area contributed by atoms with E-state index in [4.69, 9.17) is 10.6 Å². The fraction of sp³-hybridized carbons (Fsp3) is 0.875. The lowest BCUT2D eigenvalue weighted by Gasteiger charge is -2.40. The Morgan fingerprint density at radius 2 is 2.31 bits per heavy atom. The lowest BCUT2D eigenvalue weighted by atomic mass is 9.80. The SMILES string of the molecule is CN=C(NN)NCC1(OC)CCC1. The lowest BCUT2D eigenvalue weighted by Crippen LogP contribution is -2.52. The van der Waals surface area contributed by atoms with Crippen LogP contribution in [0.1, 0.15) is 19.3 Å². The molecule has 0 bridgehead atoms. The monoisotopic (exact) mass is 186 g/mol. The van der Waals surface area contributed by atoms with Crippen LogP contribution in [0.4, 0.5) is 0 Å². The Kier molecular flexibility index (Phi) is 3.50. The van der Waals surface area contributed by atoms with Gasteiger partial charge in [0, 0.05) is 20.7 Å². The summed E-state index contributed by atoms with van der Waals surface area (Å²) in [5.41, 5.74) is 2.49. The summed E-state index contributed by atoms with van der Waals surface area (Å²) in [5, 5.41) is 3.10. The van der Waals surface area contributed by atoms with Crippen molar-refractivity contribution in [1.29, 1.82) is 0 Å². The van der Waals surface area contributed by atoms with Crippen LogP contribution in [0.3, 0.4) is 0 Å². The van der Waals surface area contributed by atoms with Crippen LogP contribution in [0.25, 0.3) is 0 Å². The number of nitrogens with zero attached hydrogens (tertiary/aromatic N) is 1. The van der Waals surface area contributed by atoms with Crippen molar-refractivity contribution in [2.45, 2.75) is 24.9 Å². The molecule has 5 nitrogen and oxygen atoms in total. The zero-order valence-electron chi connectivity index (χ0n) is 8.26. The van der Waals surface area contributed by atoms with Crippen LogP contribution in [0.2, 0.25) is 0 Å². The van der Waals surface area contributed by atoms with Gasteiger partial charge in [-0.15, -0.1) is 0 Å². The average molecular weight is 186 g/mol. The Morgan fingerprint density at radius 1 is 1.62 bits per heavy atom. The number of ether oxygens (including phenoxy) is 1. The maximum absolute atomic E-state index is 5.43. The zero-order chi connectivity index (χ0) is 9.73. The highest BCUT2D eigenvalue weighted by molar-refractivity contribution is 5.79. The number of rotatable bonds is 3. The smallest absolute Gasteiger partial charge is 0.205 e. The Labute approximate surface area is 78.7 Å². The molecule has 0 aromatic rings. The fourth-order valence-electron chi connectivity index (χ4n) is 1.46. The first kappa shape index (κ1) is 10.3. The van der Waals surface area contributed by atoms with Crippen molar-refractivity contribution in [3.8, 4) is 0 Å². The summed E-state index contributed by atoms with van der Waals surface area (Å²) in [5.74, 6) is 5.83. The molecule has 0 heterocycles. The van der Waals surface area contributed by atoms with Gasteiger partial charge in [0.15, 0.2) is 0 Å². The van der Waals surface area contributed by atoms with Crippen molar-refractivity contribution in [3.63, 3.8) is 0 Å². The number of aliphatic imine (C=N–C) groups is 1. The average Bonchev–Trinajstić information content (AvgIpc) is 2.10. The molecule has 1 rings (SSSR count). The molecule has 1 saturated carbocycles. The van der Waals surface area contributed by atoms with Crippen molar-refractivity contribution >= 4 is 5.96 Å². The highest BCUT2D eigenvalue weighted by Crippen LogP contribution is 2.34. The Hall–Kier alpha value is -0.810. The molecule has 4 N–H and O–H groups in total. The van der Waals surface area contributed by atoms with E-state index in [0.29, 0.717) is 5.96 Å². The van der Waals surface area contributed by atoms with Crippen LogP contribution in [0.5, 0.6) is 0 Å². The third-order valence-corrected chi connectivity index (χ3v) is 2.64. The normalized spacial score (nSPS) is 20.7. The molecule has 0 amide bonds. The second kappa shape index (κ2) is 4.43. The predicted molar refractivity (Wildman–Crippen MR) is 52.3 cm³/mol. The molecule has 0 aliphatic heterocycles. The van der Waals surface area contributed by atoms with E-state index in [1.807, 2.05) is 0 Å². The Bertz CT molecular complexity index is 183. The molecule has 0 aromatic carbocycles. The Morgan fingerprint density at radius 3 is 2.62 bits per heavy atom. The summed E-state index contributed by atoms with van der Waals surface area (Å²) < 4.78 is 5.43. The van der Waals surface area contributed by atoms with Gasteiger partial charge >= 0.3 is 0 Å². The first-order valence-corrected chi connectivity index (χ1v) is 4.49. The van der Waals surface area contributed by atoms with Crippen molar-refractivity contribution in [2.75, 3.05) is 20.7 Å². The van der Waals surface area contributed by atoms with Gasteiger partial charge in [0.1, 0.15) is 0 Å². The van der Waals surface area contributed by atoms with Crippen molar-refractivity contribution in [3.05, 3.63) is 0 Å². The summed E-state index contributed by atoms with van der Waals surface area (Å²) in [6, 6.07) is 0. The second-order valence-corrected chi connectivity index (χ2v) is 3.31. The van der Waals surface area contributed by atoms with Crippen molar-refractivity contribution in [1.82, 2.24) is 10.7 Å². The maximum atomic E-state index is 5.43. The third-order valence-electron chi connectivity index (χ3n) is 2.64. The van der Waals surface area contributed by atoms with Crippen LogP contribution in [0.15, 0.2) is 4.99 Å². The quantitative estimate of drug-likeness (QED) is 0.242. The Balaban J connectivity index is 2.31. The molecule has 1 fully saturated rings. The molecule has 1 aliphatic rings. The molecule has 0 radical (unpaired) electrons. The highest BCUT2D eigenvalue weighted by atomic mass is 16.5. The molecule has 0 aromatic heterocycles. The summed E-state index contributed by atoms with van der Waals surface area (Å²) in [6.07, 6.45) is 3.46. The van der Waals surface area contributed by atoms with E-state index in [9.17, 15) is 0 Å². The number of guanidine groups is 1. The molecular formula is C8H18N4O. The minimum atomic E-state index is 0.00674. The molecule has 76 valence electrons. The summed E-state index contributed by atoms with van der Waals surface area (Å²) in [7, 11) is 3.43. The van der Waals surface area contributed by atoms with Crippen LogP contribution < -0.4 is 16.6 Å².